The van der Waals surface area contributed by atoms with Crippen LogP contribution < -0.4 is 15.5 Å². The van der Waals surface area contributed by atoms with Crippen molar-refractivity contribution in [2.45, 2.75) is 6.92 Å². The van der Waals surface area contributed by atoms with E-state index in [1.54, 1.807) is 25.3 Å². The number of carbonyl (C=O) groups is 1. The minimum atomic E-state index is -0.382. The van der Waals surface area contributed by atoms with E-state index in [2.05, 4.69) is 10.3 Å². The number of anilines is 1. The normalized spacial score (nSPS) is 9.95. The zero-order valence-electron chi connectivity index (χ0n) is 10.3. The van der Waals surface area contributed by atoms with Crippen molar-refractivity contribution in [2.75, 3.05) is 11.9 Å². The minimum Gasteiger partial charge on any atom is -0.477 e. The third-order valence-electron chi connectivity index (χ3n) is 2.23. The average Bonchev–Trinajstić information content (AvgIpc) is 2.39. The van der Waals surface area contributed by atoms with Gasteiger partial charge >= 0.3 is 0 Å². The van der Waals surface area contributed by atoms with Crippen molar-refractivity contribution in [3.63, 3.8) is 0 Å². The smallest absolute Gasteiger partial charge is 0.262 e. The molecule has 1 amide bonds. The molecular formula is C13H12N2O4. The molecule has 0 radical (unpaired) electrons. The van der Waals surface area contributed by atoms with Crippen LogP contribution in [0.5, 0.6) is 5.75 Å². The van der Waals surface area contributed by atoms with E-state index in [4.69, 9.17) is 9.15 Å². The van der Waals surface area contributed by atoms with Crippen molar-refractivity contribution in [1.29, 1.82) is 0 Å². The Morgan fingerprint density at radius 1 is 1.53 bits per heavy atom. The number of aryl methyl sites for hydroxylation is 1. The number of amides is 1. The molecule has 2 aromatic heterocycles. The molecule has 0 unspecified atom stereocenters. The monoisotopic (exact) mass is 260 g/mol. The Bertz CT molecular complexity index is 622. The average molecular weight is 260 g/mol. The molecule has 0 atom stereocenters. The molecule has 6 heteroatoms. The summed E-state index contributed by atoms with van der Waals surface area (Å²) < 4.78 is 10.1. The quantitative estimate of drug-likeness (QED) is 0.897. The van der Waals surface area contributed by atoms with Crippen LogP contribution in [0.25, 0.3) is 0 Å². The van der Waals surface area contributed by atoms with Crippen LogP contribution in [0.3, 0.4) is 0 Å². The van der Waals surface area contributed by atoms with Crippen LogP contribution in [0.1, 0.15) is 5.76 Å². The summed E-state index contributed by atoms with van der Waals surface area (Å²) in [5.41, 5.74) is 0.241. The van der Waals surface area contributed by atoms with E-state index in [1.807, 2.05) is 0 Å². The van der Waals surface area contributed by atoms with Gasteiger partial charge in [-0.3, -0.25) is 14.6 Å². The maximum Gasteiger partial charge on any atom is 0.262 e. The summed E-state index contributed by atoms with van der Waals surface area (Å²) in [5.74, 6) is 0.108. The molecule has 0 spiro atoms. The number of carbonyl (C=O) groups excluding carboxylic acids is 1. The van der Waals surface area contributed by atoms with Gasteiger partial charge in [-0.15, -0.1) is 0 Å². The number of rotatable bonds is 4. The highest BCUT2D eigenvalue weighted by molar-refractivity contribution is 5.91. The molecule has 0 fully saturated rings. The molecule has 0 aliphatic rings. The van der Waals surface area contributed by atoms with Crippen LogP contribution in [-0.4, -0.2) is 17.5 Å². The first kappa shape index (κ1) is 12.8. The van der Waals surface area contributed by atoms with Crippen LogP contribution in [0.2, 0.25) is 0 Å². The molecular weight excluding hydrogens is 248 g/mol. The number of aromatic nitrogens is 1. The Morgan fingerprint density at radius 2 is 2.37 bits per heavy atom. The maximum absolute atomic E-state index is 11.6. The molecule has 2 rings (SSSR count). The number of hydrogen-bond acceptors (Lipinski definition) is 5. The van der Waals surface area contributed by atoms with Gasteiger partial charge in [0.05, 0.1) is 11.9 Å². The number of nitrogens with zero attached hydrogens (tertiary/aromatic N) is 1. The second-order valence-electron chi connectivity index (χ2n) is 3.80. The molecule has 1 N–H and O–H groups in total. The van der Waals surface area contributed by atoms with Crippen LogP contribution in [0.15, 0.2) is 46.1 Å². The number of pyridine rings is 1. The van der Waals surface area contributed by atoms with Crippen molar-refractivity contribution in [2.24, 2.45) is 0 Å². The van der Waals surface area contributed by atoms with E-state index in [0.717, 1.165) is 0 Å². The first-order valence-corrected chi connectivity index (χ1v) is 5.57. The molecule has 0 aliphatic carbocycles. The second-order valence-corrected chi connectivity index (χ2v) is 3.80. The third kappa shape index (κ3) is 3.67. The van der Waals surface area contributed by atoms with Crippen LogP contribution in [0.4, 0.5) is 5.69 Å². The summed E-state index contributed by atoms with van der Waals surface area (Å²) in [6, 6.07) is 4.70. The molecule has 0 saturated heterocycles. The van der Waals surface area contributed by atoms with Crippen molar-refractivity contribution in [1.82, 2.24) is 4.98 Å². The first-order valence-electron chi connectivity index (χ1n) is 5.57. The largest absolute Gasteiger partial charge is 0.477 e. The van der Waals surface area contributed by atoms with Gasteiger partial charge in [-0.1, -0.05) is 0 Å². The van der Waals surface area contributed by atoms with E-state index in [1.165, 1.54) is 18.5 Å². The van der Waals surface area contributed by atoms with Gasteiger partial charge in [0, 0.05) is 12.3 Å². The predicted octanol–water partition coefficient (Wildman–Crippen LogP) is 1.36. The van der Waals surface area contributed by atoms with Gasteiger partial charge in [-0.2, -0.15) is 0 Å². The van der Waals surface area contributed by atoms with E-state index >= 15 is 0 Å². The maximum atomic E-state index is 11.6. The van der Waals surface area contributed by atoms with Crippen LogP contribution in [-0.2, 0) is 4.79 Å². The van der Waals surface area contributed by atoms with E-state index < -0.39 is 0 Å². The lowest BCUT2D eigenvalue weighted by Gasteiger charge is -2.06. The zero-order chi connectivity index (χ0) is 13.7. The molecule has 0 bridgehead atoms. The standard InChI is InChI=1S/C13H12N2O4/c1-9-5-11(16)12(7-18-9)19-8-13(17)15-10-3-2-4-14-6-10/h2-7H,8H2,1H3,(H,15,17). The highest BCUT2D eigenvalue weighted by atomic mass is 16.5. The van der Waals surface area contributed by atoms with Crippen molar-refractivity contribution in [3.8, 4) is 5.75 Å². The van der Waals surface area contributed by atoms with Gasteiger partial charge in [0.2, 0.25) is 11.2 Å². The third-order valence-corrected chi connectivity index (χ3v) is 2.23. The molecule has 98 valence electrons. The lowest BCUT2D eigenvalue weighted by atomic mass is 10.4. The van der Waals surface area contributed by atoms with E-state index in [9.17, 15) is 9.59 Å². The summed E-state index contributed by atoms with van der Waals surface area (Å²) in [5, 5.41) is 2.58. The predicted molar refractivity (Wildman–Crippen MR) is 68.1 cm³/mol. The fraction of sp³-hybridized carbons (Fsp3) is 0.154. The molecule has 0 saturated carbocycles. The van der Waals surface area contributed by atoms with Crippen molar-refractivity contribution < 1.29 is 13.9 Å². The summed E-state index contributed by atoms with van der Waals surface area (Å²) in [7, 11) is 0. The Labute approximate surface area is 109 Å². The van der Waals surface area contributed by atoms with Crippen molar-refractivity contribution in [3.05, 3.63) is 52.8 Å². The molecule has 2 heterocycles. The molecule has 6 nitrogen and oxygen atoms in total. The van der Waals surface area contributed by atoms with Gasteiger partial charge in [0.1, 0.15) is 12.0 Å². The molecule has 19 heavy (non-hydrogen) atoms. The summed E-state index contributed by atoms with van der Waals surface area (Å²) in [4.78, 5) is 26.9. The summed E-state index contributed by atoms with van der Waals surface area (Å²) >= 11 is 0. The fourth-order valence-electron chi connectivity index (χ4n) is 1.38. The number of ether oxygens (including phenoxy) is 1. The van der Waals surface area contributed by atoms with Crippen LogP contribution in [0, 0.1) is 6.92 Å². The van der Waals surface area contributed by atoms with E-state index in [0.29, 0.717) is 11.4 Å². The number of hydrogen-bond donors (Lipinski definition) is 1. The highest BCUT2D eigenvalue weighted by Gasteiger charge is 2.07. The summed E-state index contributed by atoms with van der Waals surface area (Å²) in [6.45, 7) is 1.38. The highest BCUT2D eigenvalue weighted by Crippen LogP contribution is 2.06. The van der Waals surface area contributed by atoms with Crippen LogP contribution >= 0.6 is 0 Å². The van der Waals surface area contributed by atoms with Gasteiger partial charge in [-0.05, 0) is 19.1 Å². The Kier molecular flexibility index (Phi) is 3.92. The summed E-state index contributed by atoms with van der Waals surface area (Å²) in [6.07, 6.45) is 4.30. The molecule has 0 aromatic carbocycles. The molecule has 0 aliphatic heterocycles. The zero-order valence-corrected chi connectivity index (χ0v) is 10.3. The Balaban J connectivity index is 1.92. The topological polar surface area (TPSA) is 81.4 Å². The first-order chi connectivity index (χ1) is 9.15. The molecule has 2 aromatic rings. The Hall–Kier alpha value is -2.63. The van der Waals surface area contributed by atoms with E-state index in [-0.39, 0.29) is 23.7 Å². The minimum absolute atomic E-state index is 0.00642. The Morgan fingerprint density at radius 3 is 3.05 bits per heavy atom. The SMILES string of the molecule is Cc1cc(=O)c(OCC(=O)Nc2cccnc2)co1. The van der Waals surface area contributed by atoms with Gasteiger partial charge < -0.3 is 14.5 Å². The number of nitrogens with one attached hydrogen (secondary N) is 1. The lowest BCUT2D eigenvalue weighted by Crippen LogP contribution is -2.22. The van der Waals surface area contributed by atoms with Crippen molar-refractivity contribution >= 4 is 11.6 Å². The van der Waals surface area contributed by atoms with Gasteiger partial charge in [0.15, 0.2) is 6.61 Å². The second kappa shape index (κ2) is 5.81. The van der Waals surface area contributed by atoms with Gasteiger partial charge in [0.25, 0.3) is 5.91 Å². The fourth-order valence-corrected chi connectivity index (χ4v) is 1.38. The van der Waals surface area contributed by atoms with Gasteiger partial charge in [-0.25, -0.2) is 0 Å². The lowest BCUT2D eigenvalue weighted by molar-refractivity contribution is -0.118.